The lowest BCUT2D eigenvalue weighted by Gasteiger charge is -2.05. The number of nitrogen functional groups attached to an aromatic ring is 1. The number of benzene rings is 1. The molecule has 3 aromatic rings. The highest BCUT2D eigenvalue weighted by Crippen LogP contribution is 2.33. The molecule has 0 saturated heterocycles. The van der Waals surface area contributed by atoms with E-state index in [9.17, 15) is 9.59 Å². The number of pyridine rings is 1. The molecule has 2 amide bonds. The van der Waals surface area contributed by atoms with Gasteiger partial charge in [-0.3, -0.25) is 9.59 Å². The predicted octanol–water partition coefficient (Wildman–Crippen LogP) is 3.57. The Balaban J connectivity index is 1.83. The molecule has 0 spiro atoms. The number of unbranched alkanes of at least 4 members (excludes halogenated alkanes) is 1. The zero-order valence-electron chi connectivity index (χ0n) is 14.4. The van der Waals surface area contributed by atoms with Gasteiger partial charge in [-0.1, -0.05) is 13.3 Å². The highest BCUT2D eigenvalue weighted by atomic mass is 32.1. The van der Waals surface area contributed by atoms with Crippen LogP contribution in [0.25, 0.3) is 10.2 Å². The standard InChI is InChI=1S/C19H20N4O2S/c1-2-3-4-12-9-10-14-15(20)16(26-19(14)23-12)18(25)22-13-7-5-11(6-8-13)17(21)24/h5-10H,2-4,20H2,1H3,(H2,21,24)(H,22,25). The monoisotopic (exact) mass is 368 g/mol. The number of nitrogens with zero attached hydrogens (tertiary/aromatic N) is 1. The minimum atomic E-state index is -0.512. The van der Waals surface area contributed by atoms with Gasteiger partial charge in [0.2, 0.25) is 5.91 Å². The average molecular weight is 368 g/mol. The summed E-state index contributed by atoms with van der Waals surface area (Å²) in [5, 5.41) is 3.58. The third-order valence-electron chi connectivity index (χ3n) is 4.07. The highest BCUT2D eigenvalue weighted by molar-refractivity contribution is 7.21. The van der Waals surface area contributed by atoms with Crippen LogP contribution in [-0.4, -0.2) is 16.8 Å². The van der Waals surface area contributed by atoms with Gasteiger partial charge in [0.05, 0.1) is 5.69 Å². The van der Waals surface area contributed by atoms with Crippen LogP contribution in [0.4, 0.5) is 11.4 Å². The van der Waals surface area contributed by atoms with Crippen molar-refractivity contribution in [1.82, 2.24) is 4.98 Å². The molecule has 1 aromatic carbocycles. The lowest BCUT2D eigenvalue weighted by atomic mass is 10.1. The fourth-order valence-electron chi connectivity index (χ4n) is 2.61. The minimum absolute atomic E-state index is 0.299. The number of aryl methyl sites for hydroxylation is 1. The first kappa shape index (κ1) is 17.9. The molecule has 7 heteroatoms. The summed E-state index contributed by atoms with van der Waals surface area (Å²) in [5.41, 5.74) is 13.8. The second-order valence-electron chi connectivity index (χ2n) is 6.00. The van der Waals surface area contributed by atoms with Crippen molar-refractivity contribution in [1.29, 1.82) is 0 Å². The van der Waals surface area contributed by atoms with E-state index in [1.54, 1.807) is 24.3 Å². The van der Waals surface area contributed by atoms with Crippen LogP contribution in [0, 0.1) is 0 Å². The summed E-state index contributed by atoms with van der Waals surface area (Å²) in [7, 11) is 0. The van der Waals surface area contributed by atoms with E-state index < -0.39 is 5.91 Å². The number of nitrogens with one attached hydrogen (secondary N) is 1. The Kier molecular flexibility index (Phi) is 5.18. The van der Waals surface area contributed by atoms with Crippen LogP contribution in [0.15, 0.2) is 36.4 Å². The number of nitrogens with two attached hydrogens (primary N) is 2. The molecule has 2 aromatic heterocycles. The van der Waals surface area contributed by atoms with E-state index in [4.69, 9.17) is 11.5 Å². The molecule has 134 valence electrons. The molecule has 0 fully saturated rings. The van der Waals surface area contributed by atoms with Crippen molar-refractivity contribution in [2.75, 3.05) is 11.1 Å². The van der Waals surface area contributed by atoms with Gasteiger partial charge in [0.25, 0.3) is 5.91 Å². The third-order valence-corrected chi connectivity index (χ3v) is 5.19. The fraction of sp³-hybridized carbons (Fsp3) is 0.211. The third kappa shape index (κ3) is 3.67. The van der Waals surface area contributed by atoms with Crippen molar-refractivity contribution in [3.63, 3.8) is 0 Å². The molecule has 0 aliphatic carbocycles. The first-order valence-electron chi connectivity index (χ1n) is 8.38. The summed E-state index contributed by atoms with van der Waals surface area (Å²) in [6, 6.07) is 10.3. The van der Waals surface area contributed by atoms with Crippen LogP contribution in [0.5, 0.6) is 0 Å². The van der Waals surface area contributed by atoms with E-state index in [2.05, 4.69) is 17.2 Å². The van der Waals surface area contributed by atoms with Crippen molar-refractivity contribution in [3.05, 3.63) is 52.5 Å². The van der Waals surface area contributed by atoms with Gasteiger partial charge in [-0.2, -0.15) is 0 Å². The minimum Gasteiger partial charge on any atom is -0.397 e. The zero-order valence-corrected chi connectivity index (χ0v) is 15.2. The number of carbonyl (C=O) groups excluding carboxylic acids is 2. The lowest BCUT2D eigenvalue weighted by Crippen LogP contribution is -2.13. The van der Waals surface area contributed by atoms with Crippen LogP contribution in [0.3, 0.4) is 0 Å². The second-order valence-corrected chi connectivity index (χ2v) is 7.00. The summed E-state index contributed by atoms with van der Waals surface area (Å²) >= 11 is 1.28. The number of fused-ring (bicyclic) bond motifs is 1. The Morgan fingerprint density at radius 3 is 2.54 bits per heavy atom. The number of primary amides is 1. The largest absolute Gasteiger partial charge is 0.397 e. The molecule has 0 saturated carbocycles. The normalized spacial score (nSPS) is 10.8. The van der Waals surface area contributed by atoms with Gasteiger partial charge >= 0.3 is 0 Å². The molecular formula is C19H20N4O2S. The number of hydrogen-bond donors (Lipinski definition) is 3. The Morgan fingerprint density at radius 2 is 1.88 bits per heavy atom. The summed E-state index contributed by atoms with van der Waals surface area (Å²) in [6.07, 6.45) is 3.10. The van der Waals surface area contributed by atoms with Gasteiger partial charge in [-0.05, 0) is 49.2 Å². The summed E-state index contributed by atoms with van der Waals surface area (Å²) in [6.45, 7) is 2.14. The van der Waals surface area contributed by atoms with E-state index in [1.165, 1.54) is 11.3 Å². The number of hydrogen-bond acceptors (Lipinski definition) is 5. The van der Waals surface area contributed by atoms with Gasteiger partial charge in [0.15, 0.2) is 0 Å². The number of aromatic nitrogens is 1. The molecule has 0 aliphatic heterocycles. The topological polar surface area (TPSA) is 111 Å². The predicted molar refractivity (Wildman–Crippen MR) is 106 cm³/mol. The van der Waals surface area contributed by atoms with Crippen molar-refractivity contribution in [2.24, 2.45) is 5.73 Å². The number of rotatable bonds is 6. The van der Waals surface area contributed by atoms with Crippen LogP contribution >= 0.6 is 11.3 Å². The Bertz CT molecular complexity index is 964. The van der Waals surface area contributed by atoms with E-state index >= 15 is 0 Å². The molecule has 0 atom stereocenters. The average Bonchev–Trinajstić information content (AvgIpc) is 2.96. The van der Waals surface area contributed by atoms with E-state index in [1.807, 2.05) is 12.1 Å². The molecule has 26 heavy (non-hydrogen) atoms. The smallest absolute Gasteiger partial charge is 0.267 e. The maximum atomic E-state index is 12.6. The first-order valence-corrected chi connectivity index (χ1v) is 9.20. The first-order chi connectivity index (χ1) is 12.5. The van der Waals surface area contributed by atoms with E-state index in [0.717, 1.165) is 35.2 Å². The Morgan fingerprint density at radius 1 is 1.15 bits per heavy atom. The van der Waals surface area contributed by atoms with Crippen molar-refractivity contribution < 1.29 is 9.59 Å². The fourth-order valence-corrected chi connectivity index (χ4v) is 3.61. The molecule has 0 aliphatic rings. The summed E-state index contributed by atoms with van der Waals surface area (Å²) < 4.78 is 0. The number of thiophene rings is 1. The maximum Gasteiger partial charge on any atom is 0.267 e. The quantitative estimate of drug-likeness (QED) is 0.617. The van der Waals surface area contributed by atoms with Crippen LogP contribution in [0.1, 0.15) is 45.5 Å². The number of amides is 2. The SMILES string of the molecule is CCCCc1ccc2c(N)c(C(=O)Nc3ccc(C(N)=O)cc3)sc2n1. The second kappa shape index (κ2) is 7.53. The Labute approximate surface area is 155 Å². The molecule has 0 bridgehead atoms. The van der Waals surface area contributed by atoms with Gasteiger partial charge in [-0.15, -0.1) is 11.3 Å². The number of carbonyl (C=O) groups is 2. The lowest BCUT2D eigenvalue weighted by molar-refractivity contribution is 0.0998. The van der Waals surface area contributed by atoms with Crippen molar-refractivity contribution >= 4 is 44.7 Å². The summed E-state index contributed by atoms with van der Waals surface area (Å²) in [5.74, 6) is -0.811. The van der Waals surface area contributed by atoms with Crippen LogP contribution in [0.2, 0.25) is 0 Å². The Hall–Kier alpha value is -2.93. The van der Waals surface area contributed by atoms with Crippen molar-refractivity contribution in [2.45, 2.75) is 26.2 Å². The molecular weight excluding hydrogens is 348 g/mol. The molecule has 2 heterocycles. The van der Waals surface area contributed by atoms with Gasteiger partial charge in [0.1, 0.15) is 9.71 Å². The molecule has 3 rings (SSSR count). The van der Waals surface area contributed by atoms with Crippen LogP contribution in [-0.2, 0) is 6.42 Å². The van der Waals surface area contributed by atoms with E-state index in [-0.39, 0.29) is 5.91 Å². The zero-order chi connectivity index (χ0) is 18.7. The molecule has 5 N–H and O–H groups in total. The van der Waals surface area contributed by atoms with Gasteiger partial charge < -0.3 is 16.8 Å². The molecule has 6 nitrogen and oxygen atoms in total. The van der Waals surface area contributed by atoms with Crippen LogP contribution < -0.4 is 16.8 Å². The summed E-state index contributed by atoms with van der Waals surface area (Å²) in [4.78, 5) is 29.5. The van der Waals surface area contributed by atoms with E-state index in [0.29, 0.717) is 21.8 Å². The molecule has 0 radical (unpaired) electrons. The number of anilines is 2. The van der Waals surface area contributed by atoms with Gasteiger partial charge in [0, 0.05) is 22.3 Å². The molecule has 0 unspecified atom stereocenters. The van der Waals surface area contributed by atoms with Crippen molar-refractivity contribution in [3.8, 4) is 0 Å². The maximum absolute atomic E-state index is 12.6. The highest BCUT2D eigenvalue weighted by Gasteiger charge is 2.18. The van der Waals surface area contributed by atoms with Gasteiger partial charge in [-0.25, -0.2) is 4.98 Å².